The lowest BCUT2D eigenvalue weighted by atomic mass is 10.2. The predicted molar refractivity (Wildman–Crippen MR) is 131 cm³/mol. The van der Waals surface area contributed by atoms with Crippen molar-refractivity contribution in [2.45, 2.75) is 6.42 Å². The summed E-state index contributed by atoms with van der Waals surface area (Å²) in [6.45, 7) is 4.78. The molecule has 1 aliphatic rings. The molecule has 0 bridgehead atoms. The Morgan fingerprint density at radius 2 is 2.03 bits per heavy atom. The summed E-state index contributed by atoms with van der Waals surface area (Å²) in [5.74, 6) is 0.576. The predicted octanol–water partition coefficient (Wildman–Crippen LogP) is 5.46. The monoisotopic (exact) mass is 521 g/mol. The maximum atomic E-state index is 13.4. The molecule has 3 heterocycles. The number of hydrogen-bond donors (Lipinski definition) is 0. The fourth-order valence-corrected chi connectivity index (χ4v) is 5.79. The maximum absolute atomic E-state index is 13.4. The van der Waals surface area contributed by atoms with Gasteiger partial charge in [-0.25, -0.2) is 4.98 Å². The zero-order chi connectivity index (χ0) is 21.1. The molecule has 2 aromatic heterocycles. The molecule has 0 saturated carbocycles. The summed E-state index contributed by atoms with van der Waals surface area (Å²) >= 11 is 15.0. The second kappa shape index (κ2) is 11.1. The van der Waals surface area contributed by atoms with E-state index in [1.165, 1.54) is 22.7 Å². The number of thiophene rings is 1. The highest BCUT2D eigenvalue weighted by Gasteiger charge is 2.25. The first kappa shape index (κ1) is 24.5. The molecule has 4 rings (SSSR count). The van der Waals surface area contributed by atoms with Crippen LogP contribution >= 0.6 is 58.3 Å². The molecular weight excluding hydrogens is 501 g/mol. The number of morpholine rings is 1. The molecule has 0 spiro atoms. The van der Waals surface area contributed by atoms with Crippen molar-refractivity contribution in [3.8, 4) is 5.75 Å². The van der Waals surface area contributed by atoms with E-state index in [9.17, 15) is 4.79 Å². The molecule has 31 heavy (non-hydrogen) atoms. The lowest BCUT2D eigenvalue weighted by Crippen LogP contribution is -2.39. The van der Waals surface area contributed by atoms with Crippen molar-refractivity contribution in [1.29, 1.82) is 0 Å². The third-order valence-electron chi connectivity index (χ3n) is 4.91. The number of fused-ring (bicyclic) bond motifs is 1. The van der Waals surface area contributed by atoms with Crippen LogP contribution in [0.2, 0.25) is 8.67 Å². The van der Waals surface area contributed by atoms with E-state index in [1.54, 1.807) is 18.1 Å². The summed E-state index contributed by atoms with van der Waals surface area (Å²) < 4.78 is 12.6. The minimum absolute atomic E-state index is 0. The van der Waals surface area contributed by atoms with Crippen LogP contribution in [0.5, 0.6) is 5.75 Å². The molecule has 1 aromatic carbocycles. The van der Waals surface area contributed by atoms with Gasteiger partial charge in [-0.05, 0) is 30.7 Å². The lowest BCUT2D eigenvalue weighted by molar-refractivity contribution is 0.0376. The van der Waals surface area contributed by atoms with E-state index in [0.717, 1.165) is 55.2 Å². The number of anilines is 1. The molecule has 1 saturated heterocycles. The van der Waals surface area contributed by atoms with Gasteiger partial charge in [0.1, 0.15) is 10.1 Å². The van der Waals surface area contributed by atoms with E-state index in [0.29, 0.717) is 25.9 Å². The Kier molecular flexibility index (Phi) is 8.81. The van der Waals surface area contributed by atoms with Crippen LogP contribution in [-0.4, -0.2) is 62.3 Å². The first-order valence-electron chi connectivity index (χ1n) is 9.56. The normalized spacial score (nSPS) is 14.4. The topological polar surface area (TPSA) is 54.9 Å². The van der Waals surface area contributed by atoms with Crippen molar-refractivity contribution in [3.63, 3.8) is 0 Å². The van der Waals surface area contributed by atoms with Gasteiger partial charge in [-0.15, -0.1) is 23.7 Å². The van der Waals surface area contributed by atoms with Gasteiger partial charge < -0.3 is 9.47 Å². The minimum Gasteiger partial charge on any atom is -0.497 e. The summed E-state index contributed by atoms with van der Waals surface area (Å²) in [5.41, 5.74) is 1.24. The number of methoxy groups -OCH3 is 1. The van der Waals surface area contributed by atoms with E-state index < -0.39 is 0 Å². The van der Waals surface area contributed by atoms with Crippen molar-refractivity contribution in [3.05, 3.63) is 38.5 Å². The van der Waals surface area contributed by atoms with Crippen LogP contribution in [-0.2, 0) is 4.74 Å². The molecule has 0 atom stereocenters. The van der Waals surface area contributed by atoms with Crippen molar-refractivity contribution < 1.29 is 14.3 Å². The highest BCUT2D eigenvalue weighted by Crippen LogP contribution is 2.36. The Morgan fingerprint density at radius 3 is 2.71 bits per heavy atom. The number of nitrogens with zero attached hydrogens (tertiary/aromatic N) is 3. The standard InChI is InChI=1S/C20H21Cl2N3O3S2.ClH/c1-27-13-3-4-15-16(11-13)29-20(23-15)25(6-2-5-24-7-9-28-10-8-24)19(26)14-12-17(21)30-18(14)22;/h3-4,11-12H,2,5-10H2,1H3;1H. The van der Waals surface area contributed by atoms with Gasteiger partial charge in [-0.2, -0.15) is 0 Å². The summed E-state index contributed by atoms with van der Waals surface area (Å²) in [4.78, 5) is 22.1. The lowest BCUT2D eigenvalue weighted by Gasteiger charge is -2.27. The fraction of sp³-hybridized carbons (Fsp3) is 0.400. The Morgan fingerprint density at radius 1 is 1.26 bits per heavy atom. The van der Waals surface area contributed by atoms with E-state index in [-0.39, 0.29) is 18.3 Å². The third-order valence-corrected chi connectivity index (χ3v) is 7.44. The molecular formula is C20H22Cl3N3O3S2. The number of ether oxygens (including phenoxy) is 2. The van der Waals surface area contributed by atoms with Gasteiger partial charge in [0, 0.05) is 26.2 Å². The van der Waals surface area contributed by atoms with Crippen molar-refractivity contribution in [2.75, 3.05) is 51.4 Å². The highest BCUT2D eigenvalue weighted by molar-refractivity contribution is 7.22. The molecule has 1 amide bonds. The largest absolute Gasteiger partial charge is 0.497 e. The third kappa shape index (κ3) is 5.82. The van der Waals surface area contributed by atoms with Gasteiger partial charge in [-0.3, -0.25) is 14.6 Å². The van der Waals surface area contributed by atoms with Crippen LogP contribution < -0.4 is 9.64 Å². The van der Waals surface area contributed by atoms with Gasteiger partial charge >= 0.3 is 0 Å². The second-order valence-electron chi connectivity index (χ2n) is 6.83. The van der Waals surface area contributed by atoms with Crippen LogP contribution in [0.15, 0.2) is 24.3 Å². The van der Waals surface area contributed by atoms with Gasteiger partial charge in [0.05, 0.1) is 40.4 Å². The molecule has 0 N–H and O–H groups in total. The number of thiazole rings is 1. The zero-order valence-corrected chi connectivity index (χ0v) is 20.8. The number of hydrogen-bond acceptors (Lipinski definition) is 7. The van der Waals surface area contributed by atoms with Crippen LogP contribution in [0, 0.1) is 0 Å². The number of halogens is 3. The Balaban J connectivity index is 0.00000272. The van der Waals surface area contributed by atoms with Gasteiger partial charge in [0.2, 0.25) is 0 Å². The summed E-state index contributed by atoms with van der Waals surface area (Å²) in [6.07, 6.45) is 0.820. The first-order chi connectivity index (χ1) is 14.5. The van der Waals surface area contributed by atoms with Gasteiger partial charge in [0.25, 0.3) is 5.91 Å². The number of aromatic nitrogens is 1. The number of carbonyl (C=O) groups is 1. The Labute approximate surface area is 205 Å². The van der Waals surface area contributed by atoms with E-state index >= 15 is 0 Å². The summed E-state index contributed by atoms with van der Waals surface area (Å²) in [5, 5.41) is 0.642. The molecule has 3 aromatic rings. The summed E-state index contributed by atoms with van der Waals surface area (Å²) in [6, 6.07) is 7.33. The van der Waals surface area contributed by atoms with E-state index in [1.807, 2.05) is 18.2 Å². The fourth-order valence-electron chi connectivity index (χ4n) is 3.33. The highest BCUT2D eigenvalue weighted by atomic mass is 35.5. The number of rotatable bonds is 7. The SMILES string of the molecule is COc1ccc2nc(N(CCCN3CCOCC3)C(=O)c3cc(Cl)sc3Cl)sc2c1.Cl. The molecule has 1 fully saturated rings. The zero-order valence-electron chi connectivity index (χ0n) is 16.8. The molecule has 6 nitrogen and oxygen atoms in total. The summed E-state index contributed by atoms with van der Waals surface area (Å²) in [7, 11) is 1.63. The molecule has 0 aliphatic carbocycles. The van der Waals surface area contributed by atoms with Crippen LogP contribution in [0.1, 0.15) is 16.8 Å². The minimum atomic E-state index is -0.184. The van der Waals surface area contributed by atoms with Crippen LogP contribution in [0.4, 0.5) is 5.13 Å². The van der Waals surface area contributed by atoms with Gasteiger partial charge in [0.15, 0.2) is 5.13 Å². The van der Waals surface area contributed by atoms with Crippen molar-refractivity contribution in [1.82, 2.24) is 9.88 Å². The van der Waals surface area contributed by atoms with Crippen LogP contribution in [0.25, 0.3) is 10.2 Å². The molecule has 0 unspecified atom stereocenters. The molecule has 168 valence electrons. The number of carbonyl (C=O) groups excluding carboxylic acids is 1. The smallest absolute Gasteiger partial charge is 0.262 e. The van der Waals surface area contributed by atoms with Crippen LogP contribution in [0.3, 0.4) is 0 Å². The molecule has 11 heteroatoms. The van der Waals surface area contributed by atoms with E-state index in [4.69, 9.17) is 37.7 Å². The average Bonchev–Trinajstić information content (AvgIpc) is 3.33. The first-order valence-corrected chi connectivity index (χ1v) is 12.0. The van der Waals surface area contributed by atoms with E-state index in [2.05, 4.69) is 4.90 Å². The average molecular weight is 523 g/mol. The maximum Gasteiger partial charge on any atom is 0.262 e. The Hall–Kier alpha value is -1.13. The van der Waals surface area contributed by atoms with Gasteiger partial charge in [-0.1, -0.05) is 34.5 Å². The number of amides is 1. The second-order valence-corrected chi connectivity index (χ2v) is 10.1. The van der Waals surface area contributed by atoms with Crippen molar-refractivity contribution >= 4 is 79.5 Å². The van der Waals surface area contributed by atoms with Crippen molar-refractivity contribution in [2.24, 2.45) is 0 Å². The Bertz CT molecular complexity index is 1040. The quantitative estimate of drug-likeness (QED) is 0.412. The molecule has 0 radical (unpaired) electrons. The number of benzene rings is 1. The molecule has 1 aliphatic heterocycles.